The topological polar surface area (TPSA) is 80.3 Å². The van der Waals surface area contributed by atoms with E-state index in [1.807, 2.05) is 17.9 Å². The summed E-state index contributed by atoms with van der Waals surface area (Å²) >= 11 is 0. The van der Waals surface area contributed by atoms with Crippen LogP contribution in [0.1, 0.15) is 55.0 Å². The number of amides is 1. The van der Waals surface area contributed by atoms with Crippen molar-refractivity contribution in [3.63, 3.8) is 0 Å². The molecule has 5 rings (SSSR count). The standard InChI is InChI=1S/C32H37F4N5O4/c1-4-24-15-29(27-16-26(43-3)6-7-28(27)41(24)31(42)45-5-2)40(20-22-12-21(17-33)13-23(14-22)32(34,35)36)30-37-18-25(19-38-30)39-8-10-44-11-9-39/h6-7,12-14,16,18-19,24,29H,4-5,8-11,15,17,20H2,1-3H3/t24-,29+/m1/s1. The van der Waals surface area contributed by atoms with Gasteiger partial charge < -0.3 is 24.0 Å². The zero-order valence-electron chi connectivity index (χ0n) is 25.5. The molecule has 0 radical (unpaired) electrons. The zero-order valence-corrected chi connectivity index (χ0v) is 25.5. The van der Waals surface area contributed by atoms with Crippen LogP contribution in [0.2, 0.25) is 0 Å². The average Bonchev–Trinajstić information content (AvgIpc) is 3.06. The number of hydrogen-bond donors (Lipinski definition) is 0. The summed E-state index contributed by atoms with van der Waals surface area (Å²) < 4.78 is 71.7. The molecular formula is C32H37F4N5O4. The highest BCUT2D eigenvalue weighted by atomic mass is 19.4. The van der Waals surface area contributed by atoms with Crippen LogP contribution in [0, 0.1) is 0 Å². The number of carbonyl (C=O) groups excluding carboxylic acids is 1. The normalized spacial score (nSPS) is 18.4. The number of ether oxygens (including phenoxy) is 3. The molecule has 0 aliphatic carbocycles. The Balaban J connectivity index is 1.63. The van der Waals surface area contributed by atoms with Crippen LogP contribution in [0.15, 0.2) is 48.8 Å². The number of benzene rings is 2. The predicted molar refractivity (Wildman–Crippen MR) is 161 cm³/mol. The Labute approximate surface area is 259 Å². The Bertz CT molecular complexity index is 1470. The van der Waals surface area contributed by atoms with Gasteiger partial charge in [-0.3, -0.25) is 4.90 Å². The van der Waals surface area contributed by atoms with Crippen molar-refractivity contribution in [2.75, 3.05) is 54.7 Å². The zero-order chi connectivity index (χ0) is 32.1. The van der Waals surface area contributed by atoms with E-state index in [1.165, 1.54) is 13.2 Å². The molecular weight excluding hydrogens is 594 g/mol. The molecule has 9 nitrogen and oxygen atoms in total. The van der Waals surface area contributed by atoms with Crippen molar-refractivity contribution in [3.8, 4) is 5.75 Å². The second-order valence-electron chi connectivity index (χ2n) is 10.9. The van der Waals surface area contributed by atoms with Gasteiger partial charge in [-0.1, -0.05) is 13.0 Å². The molecule has 2 atom stereocenters. The maximum atomic E-state index is 13.8. The van der Waals surface area contributed by atoms with Crippen molar-refractivity contribution >= 4 is 23.4 Å². The lowest BCUT2D eigenvalue weighted by atomic mass is 9.88. The summed E-state index contributed by atoms with van der Waals surface area (Å²) in [5.74, 6) is 0.823. The van der Waals surface area contributed by atoms with Gasteiger partial charge in [-0.25, -0.2) is 19.2 Å². The molecule has 1 saturated heterocycles. The van der Waals surface area contributed by atoms with E-state index in [0.29, 0.717) is 56.1 Å². The molecule has 3 aromatic rings. The van der Waals surface area contributed by atoms with Gasteiger partial charge in [-0.2, -0.15) is 13.2 Å². The van der Waals surface area contributed by atoms with Gasteiger partial charge in [0.05, 0.1) is 62.3 Å². The Morgan fingerprint density at radius 1 is 1.07 bits per heavy atom. The number of morpholine rings is 1. The Hall–Kier alpha value is -4.13. The Morgan fingerprint density at radius 2 is 1.78 bits per heavy atom. The number of hydrogen-bond acceptors (Lipinski definition) is 8. The van der Waals surface area contributed by atoms with E-state index >= 15 is 0 Å². The third kappa shape index (κ3) is 7.08. The molecule has 0 spiro atoms. The molecule has 3 heterocycles. The number of nitrogens with zero attached hydrogens (tertiary/aromatic N) is 5. The molecule has 2 aliphatic rings. The minimum absolute atomic E-state index is 0.0506. The lowest BCUT2D eigenvalue weighted by Crippen LogP contribution is -2.48. The largest absolute Gasteiger partial charge is 0.497 e. The molecule has 1 amide bonds. The minimum atomic E-state index is -4.65. The number of aromatic nitrogens is 2. The maximum absolute atomic E-state index is 13.8. The van der Waals surface area contributed by atoms with Crippen LogP contribution in [0.3, 0.4) is 0 Å². The van der Waals surface area contributed by atoms with E-state index in [4.69, 9.17) is 14.2 Å². The highest BCUT2D eigenvalue weighted by Gasteiger charge is 2.40. The smallest absolute Gasteiger partial charge is 0.416 e. The Kier molecular flexibility index (Phi) is 9.96. The number of fused-ring (bicyclic) bond motifs is 1. The lowest BCUT2D eigenvalue weighted by molar-refractivity contribution is -0.137. The monoisotopic (exact) mass is 631 g/mol. The number of anilines is 3. The van der Waals surface area contributed by atoms with Gasteiger partial charge in [-0.05, 0) is 61.2 Å². The first-order valence-electron chi connectivity index (χ1n) is 15.0. The van der Waals surface area contributed by atoms with E-state index in [-0.39, 0.29) is 36.3 Å². The SMILES string of the molecule is CCOC(=O)N1c2ccc(OC)cc2[C@@H](N(Cc2cc(CF)cc(C(F)(F)F)c2)c2ncc(N3CCOCC3)cn2)C[C@H]1CC. The maximum Gasteiger partial charge on any atom is 0.416 e. The van der Waals surface area contributed by atoms with Crippen molar-refractivity contribution < 1.29 is 36.6 Å². The molecule has 13 heteroatoms. The highest BCUT2D eigenvalue weighted by molar-refractivity contribution is 5.90. The second-order valence-corrected chi connectivity index (χ2v) is 10.9. The predicted octanol–water partition coefficient (Wildman–Crippen LogP) is 6.70. The summed E-state index contributed by atoms with van der Waals surface area (Å²) in [5.41, 5.74) is 1.34. The van der Waals surface area contributed by atoms with Crippen LogP contribution in [0.4, 0.5) is 39.7 Å². The number of carbonyl (C=O) groups is 1. The molecule has 2 aliphatic heterocycles. The molecule has 0 bridgehead atoms. The van der Waals surface area contributed by atoms with Crippen LogP contribution < -0.4 is 19.4 Å². The van der Waals surface area contributed by atoms with Crippen LogP contribution in [-0.2, 0) is 28.9 Å². The summed E-state index contributed by atoms with van der Waals surface area (Å²) in [6.45, 7) is 5.32. The van der Waals surface area contributed by atoms with E-state index in [9.17, 15) is 22.4 Å². The summed E-state index contributed by atoms with van der Waals surface area (Å²) in [7, 11) is 1.53. The number of methoxy groups -OCH3 is 1. The fourth-order valence-electron chi connectivity index (χ4n) is 5.98. The molecule has 0 saturated carbocycles. The van der Waals surface area contributed by atoms with E-state index < -0.39 is 30.5 Å². The third-order valence-electron chi connectivity index (χ3n) is 8.17. The summed E-state index contributed by atoms with van der Waals surface area (Å²) in [5, 5.41) is 0. The fourth-order valence-corrected chi connectivity index (χ4v) is 5.98. The molecule has 1 fully saturated rings. The van der Waals surface area contributed by atoms with Crippen LogP contribution in [-0.4, -0.2) is 62.1 Å². The van der Waals surface area contributed by atoms with Gasteiger partial charge in [0.2, 0.25) is 5.95 Å². The molecule has 242 valence electrons. The van der Waals surface area contributed by atoms with Crippen molar-refractivity contribution in [1.82, 2.24) is 9.97 Å². The van der Waals surface area contributed by atoms with Crippen LogP contribution in [0.5, 0.6) is 5.75 Å². The molecule has 0 N–H and O–H groups in total. The lowest BCUT2D eigenvalue weighted by Gasteiger charge is -2.44. The first kappa shape index (κ1) is 32.3. The summed E-state index contributed by atoms with van der Waals surface area (Å²) in [4.78, 5) is 28.1. The van der Waals surface area contributed by atoms with E-state index in [2.05, 4.69) is 14.9 Å². The van der Waals surface area contributed by atoms with Gasteiger partial charge >= 0.3 is 12.3 Å². The molecule has 45 heavy (non-hydrogen) atoms. The summed E-state index contributed by atoms with van der Waals surface area (Å²) in [6.07, 6.45) is -0.772. The van der Waals surface area contributed by atoms with Gasteiger partial charge in [-0.15, -0.1) is 0 Å². The average molecular weight is 632 g/mol. The van der Waals surface area contributed by atoms with Crippen molar-refractivity contribution in [1.29, 1.82) is 0 Å². The first-order chi connectivity index (χ1) is 21.7. The van der Waals surface area contributed by atoms with Crippen molar-refractivity contribution in [3.05, 3.63) is 71.0 Å². The Morgan fingerprint density at radius 3 is 2.40 bits per heavy atom. The third-order valence-corrected chi connectivity index (χ3v) is 8.17. The van der Waals surface area contributed by atoms with Crippen LogP contribution >= 0.6 is 0 Å². The van der Waals surface area contributed by atoms with E-state index in [1.54, 1.807) is 36.4 Å². The molecule has 2 aromatic carbocycles. The van der Waals surface area contributed by atoms with Gasteiger partial charge in [0.1, 0.15) is 12.4 Å². The molecule has 1 aromatic heterocycles. The van der Waals surface area contributed by atoms with Crippen molar-refractivity contribution in [2.24, 2.45) is 0 Å². The molecule has 0 unspecified atom stereocenters. The van der Waals surface area contributed by atoms with Gasteiger partial charge in [0, 0.05) is 31.2 Å². The second kappa shape index (κ2) is 13.9. The fraction of sp³-hybridized carbons (Fsp3) is 0.469. The first-order valence-corrected chi connectivity index (χ1v) is 15.0. The number of rotatable bonds is 9. The van der Waals surface area contributed by atoms with Gasteiger partial charge in [0.25, 0.3) is 0 Å². The number of alkyl halides is 4. The van der Waals surface area contributed by atoms with E-state index in [0.717, 1.165) is 17.8 Å². The number of halogens is 4. The van der Waals surface area contributed by atoms with Crippen LogP contribution in [0.25, 0.3) is 0 Å². The minimum Gasteiger partial charge on any atom is -0.497 e. The van der Waals surface area contributed by atoms with Gasteiger partial charge in [0.15, 0.2) is 0 Å². The highest BCUT2D eigenvalue weighted by Crippen LogP contribution is 2.45. The van der Waals surface area contributed by atoms with Crippen molar-refractivity contribution in [2.45, 2.75) is 58.2 Å². The quantitative estimate of drug-likeness (QED) is 0.242. The summed E-state index contributed by atoms with van der Waals surface area (Å²) in [6, 6.07) is 7.85.